The Labute approximate surface area is 107 Å². The molecule has 1 atom stereocenters. The van der Waals surface area contributed by atoms with Crippen LogP contribution >= 0.6 is 11.8 Å². The molecule has 0 heterocycles. The molecular formula is C13H19NO2S. The van der Waals surface area contributed by atoms with Gasteiger partial charge < -0.3 is 10.4 Å². The fourth-order valence-corrected chi connectivity index (χ4v) is 2.36. The van der Waals surface area contributed by atoms with Gasteiger partial charge in [0.1, 0.15) is 0 Å². The predicted molar refractivity (Wildman–Crippen MR) is 72.4 cm³/mol. The van der Waals surface area contributed by atoms with E-state index in [2.05, 4.69) is 19.2 Å². The molecule has 0 saturated carbocycles. The van der Waals surface area contributed by atoms with E-state index in [-0.39, 0.29) is 11.0 Å². The molecular weight excluding hydrogens is 234 g/mol. The molecule has 0 spiro atoms. The van der Waals surface area contributed by atoms with E-state index in [1.54, 1.807) is 0 Å². The Morgan fingerprint density at radius 1 is 1.35 bits per heavy atom. The van der Waals surface area contributed by atoms with E-state index in [9.17, 15) is 4.79 Å². The third-order valence-corrected chi connectivity index (χ3v) is 3.55. The summed E-state index contributed by atoms with van der Waals surface area (Å²) in [4.78, 5) is 10.6. The van der Waals surface area contributed by atoms with Crippen molar-refractivity contribution in [1.29, 1.82) is 0 Å². The predicted octanol–water partition coefficient (Wildman–Crippen LogP) is 2.54. The van der Waals surface area contributed by atoms with Crippen molar-refractivity contribution < 1.29 is 9.90 Å². The summed E-state index contributed by atoms with van der Waals surface area (Å²) in [5, 5.41) is 12.3. The zero-order chi connectivity index (χ0) is 12.7. The Bertz CT molecular complexity index is 341. The molecule has 0 aliphatic heterocycles. The van der Waals surface area contributed by atoms with Gasteiger partial charge in [-0.2, -0.15) is 0 Å². The van der Waals surface area contributed by atoms with E-state index in [4.69, 9.17) is 5.11 Å². The number of nitrogens with one attached hydrogen (secondary N) is 1. The van der Waals surface area contributed by atoms with Crippen LogP contribution in [0.2, 0.25) is 0 Å². The molecule has 1 aromatic rings. The van der Waals surface area contributed by atoms with Crippen LogP contribution in [0.4, 0.5) is 0 Å². The minimum Gasteiger partial charge on any atom is -0.481 e. The summed E-state index contributed by atoms with van der Waals surface area (Å²) in [7, 11) is 0. The standard InChI is InChI=1S/C13H19NO2S/c1-10(2)14-8-12(17-9-13(15)16)11-6-4-3-5-7-11/h3-7,10,12,14H,8-9H2,1-2H3,(H,15,16). The van der Waals surface area contributed by atoms with Crippen molar-refractivity contribution >= 4 is 17.7 Å². The van der Waals surface area contributed by atoms with Gasteiger partial charge in [0.2, 0.25) is 0 Å². The van der Waals surface area contributed by atoms with Crippen LogP contribution in [-0.4, -0.2) is 29.4 Å². The highest BCUT2D eigenvalue weighted by molar-refractivity contribution is 8.00. The molecule has 0 aliphatic carbocycles. The van der Waals surface area contributed by atoms with Gasteiger partial charge in [-0.25, -0.2) is 0 Å². The van der Waals surface area contributed by atoms with Crippen molar-refractivity contribution in [3.05, 3.63) is 35.9 Å². The highest BCUT2D eigenvalue weighted by Crippen LogP contribution is 2.27. The topological polar surface area (TPSA) is 49.3 Å². The highest BCUT2D eigenvalue weighted by Gasteiger charge is 2.13. The molecule has 17 heavy (non-hydrogen) atoms. The van der Waals surface area contributed by atoms with Gasteiger partial charge in [-0.15, -0.1) is 11.8 Å². The molecule has 2 N–H and O–H groups in total. The first kappa shape index (κ1) is 14.1. The number of rotatable bonds is 7. The molecule has 0 fully saturated rings. The van der Waals surface area contributed by atoms with Crippen LogP contribution in [0.15, 0.2) is 30.3 Å². The van der Waals surface area contributed by atoms with Crippen LogP contribution in [0.1, 0.15) is 24.7 Å². The van der Waals surface area contributed by atoms with E-state index in [1.807, 2.05) is 30.3 Å². The third kappa shape index (κ3) is 5.75. The largest absolute Gasteiger partial charge is 0.481 e. The fourth-order valence-electron chi connectivity index (χ4n) is 1.46. The van der Waals surface area contributed by atoms with Crippen LogP contribution in [0, 0.1) is 0 Å². The summed E-state index contributed by atoms with van der Waals surface area (Å²) in [5.41, 5.74) is 1.17. The number of hydrogen-bond donors (Lipinski definition) is 2. The zero-order valence-electron chi connectivity index (χ0n) is 10.2. The van der Waals surface area contributed by atoms with Gasteiger partial charge in [-0.1, -0.05) is 44.2 Å². The second kappa shape index (κ2) is 7.35. The Morgan fingerprint density at radius 2 is 2.00 bits per heavy atom. The lowest BCUT2D eigenvalue weighted by molar-refractivity contribution is -0.133. The van der Waals surface area contributed by atoms with Crippen molar-refractivity contribution in [2.24, 2.45) is 0 Å². The maximum Gasteiger partial charge on any atom is 0.313 e. The zero-order valence-corrected chi connectivity index (χ0v) is 11.0. The number of carboxylic acid groups (broad SMARTS) is 1. The third-order valence-electron chi connectivity index (χ3n) is 2.29. The van der Waals surface area contributed by atoms with Crippen LogP contribution in [-0.2, 0) is 4.79 Å². The van der Waals surface area contributed by atoms with Crippen LogP contribution in [0.3, 0.4) is 0 Å². The van der Waals surface area contributed by atoms with Gasteiger partial charge in [0, 0.05) is 17.8 Å². The lowest BCUT2D eigenvalue weighted by atomic mass is 10.1. The Hall–Kier alpha value is -1.00. The maximum atomic E-state index is 10.6. The van der Waals surface area contributed by atoms with Crippen LogP contribution < -0.4 is 5.32 Å². The summed E-state index contributed by atoms with van der Waals surface area (Å²) in [6, 6.07) is 10.4. The number of thioether (sulfide) groups is 1. The van der Waals surface area contributed by atoms with Gasteiger partial charge in [-0.3, -0.25) is 4.79 Å². The van der Waals surface area contributed by atoms with Crippen molar-refractivity contribution in [1.82, 2.24) is 5.32 Å². The lowest BCUT2D eigenvalue weighted by Gasteiger charge is -2.18. The smallest absolute Gasteiger partial charge is 0.313 e. The normalized spacial score (nSPS) is 12.6. The van der Waals surface area contributed by atoms with Crippen molar-refractivity contribution in [3.63, 3.8) is 0 Å². The van der Waals surface area contributed by atoms with E-state index in [1.165, 1.54) is 17.3 Å². The van der Waals surface area contributed by atoms with Gasteiger partial charge in [0.15, 0.2) is 0 Å². The van der Waals surface area contributed by atoms with Crippen LogP contribution in [0.5, 0.6) is 0 Å². The average Bonchev–Trinajstić information content (AvgIpc) is 2.29. The number of aliphatic carboxylic acids is 1. The Kier molecular flexibility index (Phi) is 6.08. The average molecular weight is 253 g/mol. The van der Waals surface area contributed by atoms with Crippen molar-refractivity contribution in [2.45, 2.75) is 25.1 Å². The number of hydrogen-bond acceptors (Lipinski definition) is 3. The fraction of sp³-hybridized carbons (Fsp3) is 0.462. The maximum absolute atomic E-state index is 10.6. The molecule has 3 nitrogen and oxygen atoms in total. The highest BCUT2D eigenvalue weighted by atomic mass is 32.2. The summed E-state index contributed by atoms with van der Waals surface area (Å²) >= 11 is 1.46. The number of benzene rings is 1. The van der Waals surface area contributed by atoms with Gasteiger partial charge in [0.25, 0.3) is 0 Å². The molecule has 1 aromatic carbocycles. The van der Waals surface area contributed by atoms with Crippen molar-refractivity contribution in [2.75, 3.05) is 12.3 Å². The van der Waals surface area contributed by atoms with E-state index < -0.39 is 5.97 Å². The first-order chi connectivity index (χ1) is 8.09. The second-order valence-electron chi connectivity index (χ2n) is 4.17. The SMILES string of the molecule is CC(C)NCC(SCC(=O)O)c1ccccc1. The molecule has 0 aromatic heterocycles. The first-order valence-electron chi connectivity index (χ1n) is 5.71. The van der Waals surface area contributed by atoms with Gasteiger partial charge in [0.05, 0.1) is 5.75 Å². The van der Waals surface area contributed by atoms with E-state index in [0.717, 1.165) is 6.54 Å². The molecule has 0 aliphatic rings. The minimum atomic E-state index is -0.763. The molecule has 1 rings (SSSR count). The quantitative estimate of drug-likeness (QED) is 0.784. The summed E-state index contributed by atoms with van der Waals surface area (Å²) in [6.45, 7) is 4.97. The molecule has 0 bridgehead atoms. The second-order valence-corrected chi connectivity index (χ2v) is 5.36. The van der Waals surface area contributed by atoms with Gasteiger partial charge in [-0.05, 0) is 5.56 Å². The minimum absolute atomic E-state index is 0.138. The lowest BCUT2D eigenvalue weighted by Crippen LogP contribution is -2.27. The molecule has 1 unspecified atom stereocenters. The van der Waals surface area contributed by atoms with Gasteiger partial charge >= 0.3 is 5.97 Å². The molecule has 94 valence electrons. The molecule has 0 amide bonds. The number of carbonyl (C=O) groups is 1. The Morgan fingerprint density at radius 3 is 2.53 bits per heavy atom. The summed E-state index contributed by atoms with van der Waals surface area (Å²) in [6.07, 6.45) is 0. The summed E-state index contributed by atoms with van der Waals surface area (Å²) < 4.78 is 0. The Balaban J connectivity index is 2.61. The molecule has 0 radical (unpaired) electrons. The van der Waals surface area contributed by atoms with Crippen LogP contribution in [0.25, 0.3) is 0 Å². The monoisotopic (exact) mass is 253 g/mol. The van der Waals surface area contributed by atoms with E-state index >= 15 is 0 Å². The first-order valence-corrected chi connectivity index (χ1v) is 6.76. The molecule has 0 saturated heterocycles. The summed E-state index contributed by atoms with van der Waals surface area (Å²) in [5.74, 6) is -0.625. The van der Waals surface area contributed by atoms with E-state index in [0.29, 0.717) is 6.04 Å². The number of carboxylic acids is 1. The molecule has 4 heteroatoms. The van der Waals surface area contributed by atoms with Crippen molar-refractivity contribution in [3.8, 4) is 0 Å².